The van der Waals surface area contributed by atoms with Gasteiger partial charge in [0.25, 0.3) is 0 Å². The number of anilines is 1. The Balaban J connectivity index is 0.00000529. The van der Waals surface area contributed by atoms with Gasteiger partial charge < -0.3 is 16.0 Å². The van der Waals surface area contributed by atoms with Gasteiger partial charge in [-0.2, -0.15) is 0 Å². The van der Waals surface area contributed by atoms with Crippen LogP contribution in [0, 0.1) is 17.6 Å². The summed E-state index contributed by atoms with van der Waals surface area (Å²) in [6.07, 6.45) is 0.499. The van der Waals surface area contributed by atoms with Gasteiger partial charge in [-0.1, -0.05) is 19.9 Å². The fourth-order valence-electron chi connectivity index (χ4n) is 2.16. The number of hydrogen-bond donors (Lipinski definition) is 2. The molecule has 0 unspecified atom stereocenters. The number of benzene rings is 1. The van der Waals surface area contributed by atoms with Crippen molar-refractivity contribution < 1.29 is 18.4 Å². The van der Waals surface area contributed by atoms with Gasteiger partial charge in [0.05, 0.1) is 12.6 Å². The van der Waals surface area contributed by atoms with Crippen LogP contribution in [0.5, 0.6) is 0 Å². The van der Waals surface area contributed by atoms with Gasteiger partial charge in [-0.15, -0.1) is 12.4 Å². The smallest absolute Gasteiger partial charge is 0.244 e. The highest BCUT2D eigenvalue weighted by Crippen LogP contribution is 2.17. The number of halogens is 3. The molecule has 1 aromatic rings. The second-order valence-corrected chi connectivity index (χ2v) is 5.73. The number of carbonyl (C=O) groups excluding carboxylic acids is 2. The molecule has 1 aromatic carbocycles. The molecule has 2 amide bonds. The molecule has 0 heterocycles. The molecule has 1 atom stereocenters. The van der Waals surface area contributed by atoms with Crippen LogP contribution >= 0.6 is 12.4 Å². The number of nitrogens with two attached hydrogens (primary N) is 1. The third-order valence-corrected chi connectivity index (χ3v) is 3.30. The quantitative estimate of drug-likeness (QED) is 0.781. The first-order chi connectivity index (χ1) is 10.8. The number of amides is 2. The topological polar surface area (TPSA) is 75.4 Å². The van der Waals surface area contributed by atoms with Crippen molar-refractivity contribution >= 4 is 29.9 Å². The van der Waals surface area contributed by atoms with Gasteiger partial charge in [0, 0.05) is 6.54 Å². The standard InChI is InChI=1S/C16H23F2N3O2.ClH/c1-4-21(16(23)13(19)8-10(2)3)9-14(22)20-15-11(17)6-5-7-12(15)18;/h5-7,10,13H,4,8-9,19H2,1-3H3,(H,20,22);1H/t13-;/m0./s1. The summed E-state index contributed by atoms with van der Waals surface area (Å²) < 4.78 is 27.0. The Morgan fingerprint density at radius 3 is 2.25 bits per heavy atom. The van der Waals surface area contributed by atoms with Crippen LogP contribution in [0.2, 0.25) is 0 Å². The zero-order valence-corrected chi connectivity index (χ0v) is 14.8. The minimum Gasteiger partial charge on any atom is -0.332 e. The lowest BCUT2D eigenvalue weighted by Crippen LogP contribution is -2.47. The monoisotopic (exact) mass is 363 g/mol. The molecule has 136 valence electrons. The van der Waals surface area contributed by atoms with Crippen molar-refractivity contribution in [2.75, 3.05) is 18.4 Å². The van der Waals surface area contributed by atoms with Crippen LogP contribution in [0.25, 0.3) is 0 Å². The van der Waals surface area contributed by atoms with Gasteiger partial charge in [0.15, 0.2) is 0 Å². The van der Waals surface area contributed by atoms with Crippen LogP contribution in [0.4, 0.5) is 14.5 Å². The van der Waals surface area contributed by atoms with Gasteiger partial charge in [0.2, 0.25) is 11.8 Å². The van der Waals surface area contributed by atoms with E-state index in [1.807, 2.05) is 13.8 Å². The van der Waals surface area contributed by atoms with Crippen LogP contribution in [-0.4, -0.2) is 35.8 Å². The maximum Gasteiger partial charge on any atom is 0.244 e. The lowest BCUT2D eigenvalue weighted by atomic mass is 10.0. The molecular weight excluding hydrogens is 340 g/mol. The number of nitrogens with one attached hydrogen (secondary N) is 1. The Hall–Kier alpha value is -1.73. The van der Waals surface area contributed by atoms with Crippen LogP contribution < -0.4 is 11.1 Å². The normalized spacial score (nSPS) is 11.6. The summed E-state index contributed by atoms with van der Waals surface area (Å²) >= 11 is 0. The molecule has 8 heteroatoms. The maximum absolute atomic E-state index is 13.5. The zero-order chi connectivity index (χ0) is 17.6. The zero-order valence-electron chi connectivity index (χ0n) is 14.0. The van der Waals surface area contributed by atoms with E-state index in [4.69, 9.17) is 5.73 Å². The van der Waals surface area contributed by atoms with Crippen LogP contribution in [0.15, 0.2) is 18.2 Å². The summed E-state index contributed by atoms with van der Waals surface area (Å²) in [6, 6.07) is 2.58. The third-order valence-electron chi connectivity index (χ3n) is 3.30. The Kier molecular flexibility index (Phi) is 9.47. The minimum atomic E-state index is -0.871. The fraction of sp³-hybridized carbons (Fsp3) is 0.500. The SMILES string of the molecule is CCN(CC(=O)Nc1c(F)cccc1F)C(=O)[C@@H](N)CC(C)C.Cl. The van der Waals surface area contributed by atoms with Gasteiger partial charge in [-0.3, -0.25) is 9.59 Å². The Bertz CT molecular complexity index is 550. The molecule has 0 bridgehead atoms. The Morgan fingerprint density at radius 2 is 1.79 bits per heavy atom. The van der Waals surface area contributed by atoms with E-state index in [0.29, 0.717) is 6.42 Å². The van der Waals surface area contributed by atoms with Crippen molar-refractivity contribution in [3.8, 4) is 0 Å². The van der Waals surface area contributed by atoms with E-state index >= 15 is 0 Å². The van der Waals surface area contributed by atoms with Crippen molar-refractivity contribution in [3.05, 3.63) is 29.8 Å². The summed E-state index contributed by atoms with van der Waals surface area (Å²) in [6.45, 7) is 5.55. The predicted molar refractivity (Wildman–Crippen MR) is 91.9 cm³/mol. The number of rotatable bonds is 7. The first kappa shape index (κ1) is 22.3. The van der Waals surface area contributed by atoms with Crippen molar-refractivity contribution in [1.29, 1.82) is 0 Å². The molecule has 0 aromatic heterocycles. The average molecular weight is 364 g/mol. The summed E-state index contributed by atoms with van der Waals surface area (Å²) in [5.74, 6) is -2.53. The number of carbonyl (C=O) groups is 2. The fourth-order valence-corrected chi connectivity index (χ4v) is 2.16. The molecule has 0 aliphatic carbocycles. The van der Waals surface area contributed by atoms with E-state index in [2.05, 4.69) is 5.32 Å². The number of nitrogens with zero attached hydrogens (tertiary/aromatic N) is 1. The van der Waals surface area contributed by atoms with E-state index in [-0.39, 0.29) is 37.3 Å². The van der Waals surface area contributed by atoms with Crippen molar-refractivity contribution in [3.63, 3.8) is 0 Å². The number of hydrogen-bond acceptors (Lipinski definition) is 3. The van der Waals surface area contributed by atoms with Crippen LogP contribution in [-0.2, 0) is 9.59 Å². The average Bonchev–Trinajstić information content (AvgIpc) is 2.47. The lowest BCUT2D eigenvalue weighted by Gasteiger charge is -2.24. The molecule has 0 aliphatic heterocycles. The molecule has 24 heavy (non-hydrogen) atoms. The maximum atomic E-state index is 13.5. The molecule has 0 spiro atoms. The molecule has 3 N–H and O–H groups in total. The summed E-state index contributed by atoms with van der Waals surface area (Å²) in [5, 5.41) is 2.15. The second-order valence-electron chi connectivity index (χ2n) is 5.73. The van der Waals surface area contributed by atoms with Gasteiger partial charge >= 0.3 is 0 Å². The van der Waals surface area contributed by atoms with E-state index in [1.54, 1.807) is 6.92 Å². The summed E-state index contributed by atoms with van der Waals surface area (Å²) in [4.78, 5) is 25.4. The third kappa shape index (κ3) is 6.41. The highest BCUT2D eigenvalue weighted by Gasteiger charge is 2.23. The van der Waals surface area contributed by atoms with E-state index in [0.717, 1.165) is 12.1 Å². The lowest BCUT2D eigenvalue weighted by molar-refractivity contribution is -0.135. The number of likely N-dealkylation sites (N-methyl/N-ethyl adjacent to an activating group) is 1. The van der Waals surface area contributed by atoms with Crippen molar-refractivity contribution in [1.82, 2.24) is 4.90 Å². The molecule has 1 rings (SSSR count). The molecule has 0 fully saturated rings. The van der Waals surface area contributed by atoms with E-state index < -0.39 is 29.3 Å². The molecular formula is C16H24ClF2N3O2. The Morgan fingerprint density at radius 1 is 1.25 bits per heavy atom. The Labute approximate surface area is 147 Å². The first-order valence-electron chi connectivity index (χ1n) is 7.54. The molecule has 5 nitrogen and oxygen atoms in total. The molecule has 0 aliphatic rings. The number of para-hydroxylation sites is 1. The van der Waals surface area contributed by atoms with Gasteiger partial charge in [0.1, 0.15) is 17.3 Å². The first-order valence-corrected chi connectivity index (χ1v) is 7.54. The van der Waals surface area contributed by atoms with E-state index in [1.165, 1.54) is 11.0 Å². The predicted octanol–water partition coefficient (Wildman–Crippen LogP) is 2.55. The molecule has 0 saturated heterocycles. The highest BCUT2D eigenvalue weighted by molar-refractivity contribution is 5.95. The van der Waals surface area contributed by atoms with Gasteiger partial charge in [-0.05, 0) is 31.4 Å². The van der Waals surface area contributed by atoms with E-state index in [9.17, 15) is 18.4 Å². The summed E-state index contributed by atoms with van der Waals surface area (Å²) in [7, 11) is 0. The largest absolute Gasteiger partial charge is 0.332 e. The minimum absolute atomic E-state index is 0. The van der Waals surface area contributed by atoms with Crippen molar-refractivity contribution in [2.24, 2.45) is 11.7 Å². The van der Waals surface area contributed by atoms with Crippen LogP contribution in [0.3, 0.4) is 0 Å². The molecule has 0 radical (unpaired) electrons. The van der Waals surface area contributed by atoms with Gasteiger partial charge in [-0.25, -0.2) is 8.78 Å². The molecule has 0 saturated carbocycles. The van der Waals surface area contributed by atoms with Crippen LogP contribution in [0.1, 0.15) is 27.2 Å². The van der Waals surface area contributed by atoms with Crippen molar-refractivity contribution in [2.45, 2.75) is 33.2 Å². The highest BCUT2D eigenvalue weighted by atomic mass is 35.5. The summed E-state index contributed by atoms with van der Waals surface area (Å²) in [5.41, 5.74) is 5.31. The second kappa shape index (κ2) is 10.2.